The number of nitrogens with zero attached hydrogens (tertiary/aromatic N) is 2. The molecule has 2 unspecified atom stereocenters. The Hall–Kier alpha value is -1.99. The monoisotopic (exact) mass is 278 g/mol. The number of non-ortho nitro benzene ring substituents is 1. The maximum absolute atomic E-state index is 11.5. The Bertz CT molecular complexity index is 503. The molecule has 7 nitrogen and oxygen atoms in total. The summed E-state index contributed by atoms with van der Waals surface area (Å²) in [5.41, 5.74) is 6.42. The van der Waals surface area contributed by atoms with Crippen LogP contribution in [0, 0.1) is 10.1 Å². The third kappa shape index (κ3) is 2.94. The molecule has 1 aromatic rings. The van der Waals surface area contributed by atoms with E-state index >= 15 is 0 Å². The van der Waals surface area contributed by atoms with Crippen LogP contribution in [0.25, 0.3) is 0 Å². The quantitative estimate of drug-likeness (QED) is 0.613. The molecular formula is C13H18N4O3. The van der Waals surface area contributed by atoms with Crippen molar-refractivity contribution in [1.29, 1.82) is 0 Å². The molecule has 1 heterocycles. The van der Waals surface area contributed by atoms with Crippen molar-refractivity contribution in [2.24, 2.45) is 5.73 Å². The number of hydrogen-bond acceptors (Lipinski definition) is 5. The lowest BCUT2D eigenvalue weighted by atomic mass is 10.0. The predicted octanol–water partition coefficient (Wildman–Crippen LogP) is 0.415. The summed E-state index contributed by atoms with van der Waals surface area (Å²) in [7, 11) is 0. The molecule has 0 spiro atoms. The summed E-state index contributed by atoms with van der Waals surface area (Å²) in [6.45, 7) is 4.02. The van der Waals surface area contributed by atoms with E-state index in [1.807, 2.05) is 11.8 Å². The largest absolute Gasteiger partial charge is 0.368 e. The maximum Gasteiger partial charge on any atom is 0.269 e. The lowest BCUT2D eigenvalue weighted by molar-refractivity contribution is -0.384. The Morgan fingerprint density at radius 1 is 1.50 bits per heavy atom. The molecule has 7 heteroatoms. The Kier molecular flexibility index (Phi) is 4.31. The fourth-order valence-corrected chi connectivity index (χ4v) is 2.51. The second kappa shape index (κ2) is 5.98. The average Bonchev–Trinajstić information content (AvgIpc) is 2.46. The fourth-order valence-electron chi connectivity index (χ4n) is 2.51. The van der Waals surface area contributed by atoms with Gasteiger partial charge in [-0.2, -0.15) is 0 Å². The SMILES string of the molecule is CC(c1ccc([N+](=O)[O-])cc1)N1CCNCC1C(N)=O. The molecule has 20 heavy (non-hydrogen) atoms. The lowest BCUT2D eigenvalue weighted by Gasteiger charge is -2.38. The number of benzene rings is 1. The van der Waals surface area contributed by atoms with Crippen molar-refractivity contribution in [3.63, 3.8) is 0 Å². The van der Waals surface area contributed by atoms with E-state index in [0.29, 0.717) is 13.1 Å². The average molecular weight is 278 g/mol. The molecule has 1 aliphatic heterocycles. The Balaban J connectivity index is 2.18. The first-order valence-corrected chi connectivity index (χ1v) is 6.51. The van der Waals surface area contributed by atoms with Gasteiger partial charge in [0.2, 0.25) is 5.91 Å². The van der Waals surface area contributed by atoms with Crippen molar-refractivity contribution < 1.29 is 9.72 Å². The second-order valence-corrected chi connectivity index (χ2v) is 4.88. The summed E-state index contributed by atoms with van der Waals surface area (Å²) in [6, 6.07) is 6.04. The zero-order valence-electron chi connectivity index (χ0n) is 11.3. The van der Waals surface area contributed by atoms with E-state index in [-0.39, 0.29) is 23.7 Å². The molecule has 0 aromatic heterocycles. The van der Waals surface area contributed by atoms with Crippen LogP contribution in [0.4, 0.5) is 5.69 Å². The molecule has 0 aliphatic carbocycles. The third-order valence-electron chi connectivity index (χ3n) is 3.70. The van der Waals surface area contributed by atoms with Crippen molar-refractivity contribution >= 4 is 11.6 Å². The number of rotatable bonds is 4. The van der Waals surface area contributed by atoms with Crippen molar-refractivity contribution in [3.8, 4) is 0 Å². The molecule has 1 amide bonds. The summed E-state index contributed by atoms with van der Waals surface area (Å²) >= 11 is 0. The van der Waals surface area contributed by atoms with E-state index in [1.54, 1.807) is 12.1 Å². The highest BCUT2D eigenvalue weighted by atomic mass is 16.6. The smallest absolute Gasteiger partial charge is 0.269 e. The van der Waals surface area contributed by atoms with Gasteiger partial charge in [-0.15, -0.1) is 0 Å². The summed E-state index contributed by atoms with van der Waals surface area (Å²) in [6.07, 6.45) is 0. The number of nitro benzene ring substituents is 1. The molecule has 0 saturated carbocycles. The number of nitrogens with one attached hydrogen (secondary N) is 1. The third-order valence-corrected chi connectivity index (χ3v) is 3.70. The number of amides is 1. The highest BCUT2D eigenvalue weighted by Crippen LogP contribution is 2.25. The molecule has 0 radical (unpaired) electrons. The van der Waals surface area contributed by atoms with E-state index in [9.17, 15) is 14.9 Å². The summed E-state index contributed by atoms with van der Waals surface area (Å²) in [4.78, 5) is 23.7. The second-order valence-electron chi connectivity index (χ2n) is 4.88. The molecule has 0 bridgehead atoms. The summed E-state index contributed by atoms with van der Waals surface area (Å²) < 4.78 is 0. The van der Waals surface area contributed by atoms with Crippen molar-refractivity contribution in [1.82, 2.24) is 10.2 Å². The van der Waals surface area contributed by atoms with Crippen LogP contribution in [-0.2, 0) is 4.79 Å². The molecule has 2 rings (SSSR count). The van der Waals surface area contributed by atoms with Gasteiger partial charge in [0.1, 0.15) is 6.04 Å². The van der Waals surface area contributed by atoms with Crippen LogP contribution in [0.15, 0.2) is 24.3 Å². The van der Waals surface area contributed by atoms with Gasteiger partial charge in [-0.3, -0.25) is 19.8 Å². The van der Waals surface area contributed by atoms with E-state index in [1.165, 1.54) is 12.1 Å². The van der Waals surface area contributed by atoms with Crippen LogP contribution in [0.5, 0.6) is 0 Å². The Morgan fingerprint density at radius 3 is 2.70 bits per heavy atom. The van der Waals surface area contributed by atoms with E-state index in [0.717, 1.165) is 12.1 Å². The number of hydrogen-bond donors (Lipinski definition) is 2. The van der Waals surface area contributed by atoms with Gasteiger partial charge in [-0.05, 0) is 12.5 Å². The van der Waals surface area contributed by atoms with Gasteiger partial charge < -0.3 is 11.1 Å². The molecule has 2 atom stereocenters. The van der Waals surface area contributed by atoms with Gasteiger partial charge in [0.25, 0.3) is 5.69 Å². The maximum atomic E-state index is 11.5. The van der Waals surface area contributed by atoms with Gasteiger partial charge in [0, 0.05) is 37.8 Å². The van der Waals surface area contributed by atoms with Crippen molar-refractivity contribution in [2.75, 3.05) is 19.6 Å². The van der Waals surface area contributed by atoms with Gasteiger partial charge in [0.15, 0.2) is 0 Å². The highest BCUT2D eigenvalue weighted by Gasteiger charge is 2.30. The summed E-state index contributed by atoms with van der Waals surface area (Å²) in [5.74, 6) is -0.356. The minimum atomic E-state index is -0.425. The Labute approximate surface area is 116 Å². The topological polar surface area (TPSA) is 102 Å². The number of nitrogens with two attached hydrogens (primary N) is 1. The lowest BCUT2D eigenvalue weighted by Crippen LogP contribution is -2.57. The number of nitro groups is 1. The number of piperazine rings is 1. The van der Waals surface area contributed by atoms with Crippen LogP contribution in [0.3, 0.4) is 0 Å². The van der Waals surface area contributed by atoms with Gasteiger partial charge in [-0.1, -0.05) is 12.1 Å². The van der Waals surface area contributed by atoms with Crippen LogP contribution >= 0.6 is 0 Å². The number of carbonyl (C=O) groups is 1. The fraction of sp³-hybridized carbons (Fsp3) is 0.462. The zero-order chi connectivity index (χ0) is 14.7. The van der Waals surface area contributed by atoms with E-state index < -0.39 is 4.92 Å². The highest BCUT2D eigenvalue weighted by molar-refractivity contribution is 5.80. The minimum Gasteiger partial charge on any atom is -0.368 e. The Morgan fingerprint density at radius 2 is 2.15 bits per heavy atom. The van der Waals surface area contributed by atoms with Crippen LogP contribution < -0.4 is 11.1 Å². The molecule has 108 valence electrons. The van der Waals surface area contributed by atoms with Crippen molar-refractivity contribution in [2.45, 2.75) is 19.0 Å². The summed E-state index contributed by atoms with van der Waals surface area (Å²) in [5, 5.41) is 13.8. The molecule has 1 saturated heterocycles. The van der Waals surface area contributed by atoms with E-state index in [4.69, 9.17) is 5.73 Å². The molecular weight excluding hydrogens is 260 g/mol. The zero-order valence-corrected chi connectivity index (χ0v) is 11.3. The molecule has 3 N–H and O–H groups in total. The standard InChI is InChI=1S/C13H18N4O3/c1-9(10-2-4-11(5-3-10)17(19)20)16-7-6-15-8-12(16)13(14)18/h2-5,9,12,15H,6-8H2,1H3,(H2,14,18). The first-order chi connectivity index (χ1) is 9.50. The first-order valence-electron chi connectivity index (χ1n) is 6.51. The normalized spacial score (nSPS) is 21.4. The van der Waals surface area contributed by atoms with Crippen LogP contribution in [-0.4, -0.2) is 41.4 Å². The molecule has 1 aliphatic rings. The van der Waals surface area contributed by atoms with E-state index in [2.05, 4.69) is 5.32 Å². The van der Waals surface area contributed by atoms with Crippen molar-refractivity contribution in [3.05, 3.63) is 39.9 Å². The first kappa shape index (κ1) is 14.4. The number of primary amides is 1. The molecule has 1 fully saturated rings. The minimum absolute atomic E-state index is 0.0181. The molecule has 1 aromatic carbocycles. The van der Waals surface area contributed by atoms with Gasteiger partial charge >= 0.3 is 0 Å². The number of carbonyl (C=O) groups excluding carboxylic acids is 1. The van der Waals surface area contributed by atoms with Gasteiger partial charge in [0.05, 0.1) is 4.92 Å². The van der Waals surface area contributed by atoms with Gasteiger partial charge in [-0.25, -0.2) is 0 Å². The predicted molar refractivity (Wildman–Crippen MR) is 74.1 cm³/mol. The van der Waals surface area contributed by atoms with Crippen LogP contribution in [0.2, 0.25) is 0 Å². The van der Waals surface area contributed by atoms with Crippen LogP contribution in [0.1, 0.15) is 18.5 Å².